The molecule has 0 bridgehead atoms. The Kier molecular flexibility index (Phi) is 3.82. The summed E-state index contributed by atoms with van der Waals surface area (Å²) in [7, 11) is 1.24. The summed E-state index contributed by atoms with van der Waals surface area (Å²) in [6.45, 7) is 2.02. The fourth-order valence-corrected chi connectivity index (χ4v) is 1.35. The Hall–Kier alpha value is -2.11. The van der Waals surface area contributed by atoms with E-state index < -0.39 is 11.0 Å². The molecule has 0 aliphatic rings. The molecule has 0 heterocycles. The van der Waals surface area contributed by atoms with Gasteiger partial charge >= 0.3 is 6.09 Å². The van der Waals surface area contributed by atoms with Gasteiger partial charge in [0.25, 0.3) is 5.69 Å². The molecule has 0 saturated carbocycles. The van der Waals surface area contributed by atoms with Crippen molar-refractivity contribution >= 4 is 17.5 Å². The third kappa shape index (κ3) is 2.28. The van der Waals surface area contributed by atoms with Crippen molar-refractivity contribution in [2.75, 3.05) is 18.6 Å². The normalized spacial score (nSPS) is 9.62. The van der Waals surface area contributed by atoms with Gasteiger partial charge in [-0.25, -0.2) is 4.79 Å². The number of benzene rings is 1. The van der Waals surface area contributed by atoms with E-state index >= 15 is 0 Å². The molecule has 0 aliphatic carbocycles. The summed E-state index contributed by atoms with van der Waals surface area (Å²) in [5.74, 6) is 0. The van der Waals surface area contributed by atoms with Crippen molar-refractivity contribution in [3.8, 4) is 0 Å². The Morgan fingerprint density at radius 3 is 2.62 bits per heavy atom. The molecule has 0 saturated heterocycles. The topological polar surface area (TPSA) is 72.7 Å². The van der Waals surface area contributed by atoms with Crippen LogP contribution >= 0.6 is 0 Å². The van der Waals surface area contributed by atoms with Crippen LogP contribution in [0, 0.1) is 10.1 Å². The highest BCUT2D eigenvalue weighted by Crippen LogP contribution is 2.27. The van der Waals surface area contributed by atoms with Crippen LogP contribution in [0.15, 0.2) is 24.3 Å². The first-order valence-corrected chi connectivity index (χ1v) is 4.70. The SMILES string of the molecule is CCN(C(=O)OC)c1ccccc1[N+](=O)[O-]. The molecule has 0 unspecified atom stereocenters. The number of carbonyl (C=O) groups is 1. The molecule has 1 rings (SSSR count). The van der Waals surface area contributed by atoms with Gasteiger partial charge in [0.1, 0.15) is 5.69 Å². The van der Waals surface area contributed by atoms with Crippen LogP contribution in [-0.2, 0) is 4.74 Å². The lowest BCUT2D eigenvalue weighted by Crippen LogP contribution is -2.30. The Bertz CT molecular complexity index is 406. The number of nitro groups is 1. The molecule has 1 aromatic carbocycles. The number of carbonyl (C=O) groups excluding carboxylic acids is 1. The largest absolute Gasteiger partial charge is 0.452 e. The number of methoxy groups -OCH3 is 1. The van der Waals surface area contributed by atoms with Crippen molar-refractivity contribution in [1.29, 1.82) is 0 Å². The van der Waals surface area contributed by atoms with Crippen molar-refractivity contribution < 1.29 is 14.5 Å². The highest BCUT2D eigenvalue weighted by molar-refractivity contribution is 5.90. The predicted octanol–water partition coefficient (Wildman–Crippen LogP) is 2.19. The lowest BCUT2D eigenvalue weighted by Gasteiger charge is -2.18. The van der Waals surface area contributed by atoms with Crippen LogP contribution in [0.4, 0.5) is 16.2 Å². The van der Waals surface area contributed by atoms with E-state index in [1.165, 1.54) is 24.1 Å². The molecule has 0 fully saturated rings. The third-order valence-corrected chi connectivity index (χ3v) is 2.08. The minimum absolute atomic E-state index is 0.116. The third-order valence-electron chi connectivity index (χ3n) is 2.08. The van der Waals surface area contributed by atoms with Crippen LogP contribution in [0.3, 0.4) is 0 Å². The van der Waals surface area contributed by atoms with Crippen molar-refractivity contribution in [3.05, 3.63) is 34.4 Å². The molecular weight excluding hydrogens is 212 g/mol. The first kappa shape index (κ1) is 12.0. The minimum Gasteiger partial charge on any atom is -0.452 e. The van der Waals surface area contributed by atoms with Crippen molar-refractivity contribution in [2.24, 2.45) is 0 Å². The quantitative estimate of drug-likeness (QED) is 0.582. The second kappa shape index (κ2) is 5.11. The number of nitrogens with zero attached hydrogens (tertiary/aromatic N) is 2. The maximum Gasteiger partial charge on any atom is 0.414 e. The molecule has 0 aromatic heterocycles. The van der Waals surface area contributed by atoms with Gasteiger partial charge in [0, 0.05) is 12.6 Å². The zero-order chi connectivity index (χ0) is 12.1. The lowest BCUT2D eigenvalue weighted by molar-refractivity contribution is -0.384. The molecule has 6 heteroatoms. The molecular formula is C10H12N2O4. The van der Waals surface area contributed by atoms with Gasteiger partial charge < -0.3 is 4.74 Å². The number of nitro benzene ring substituents is 1. The molecule has 1 amide bonds. The highest BCUT2D eigenvalue weighted by atomic mass is 16.6. The van der Waals surface area contributed by atoms with Gasteiger partial charge in [-0.2, -0.15) is 0 Å². The molecule has 0 spiro atoms. The molecule has 16 heavy (non-hydrogen) atoms. The standard InChI is InChI=1S/C10H12N2O4/c1-3-11(10(13)16-2)8-6-4-5-7-9(8)12(14)15/h4-7H,3H2,1-2H3. The van der Waals surface area contributed by atoms with Gasteiger partial charge in [0.15, 0.2) is 0 Å². The fraction of sp³-hybridized carbons (Fsp3) is 0.300. The Balaban J connectivity index is 3.19. The molecule has 0 radical (unpaired) electrons. The second-order valence-electron chi connectivity index (χ2n) is 2.96. The average molecular weight is 224 g/mol. The molecule has 0 atom stereocenters. The van der Waals surface area contributed by atoms with Gasteiger partial charge in [0.05, 0.1) is 12.0 Å². The van der Waals surface area contributed by atoms with Crippen molar-refractivity contribution in [3.63, 3.8) is 0 Å². The van der Waals surface area contributed by atoms with E-state index in [2.05, 4.69) is 4.74 Å². The predicted molar refractivity (Wildman–Crippen MR) is 58.5 cm³/mol. The Labute approximate surface area is 92.6 Å². The summed E-state index contributed by atoms with van der Waals surface area (Å²) < 4.78 is 4.56. The van der Waals surface area contributed by atoms with Crippen LogP contribution < -0.4 is 4.90 Å². The summed E-state index contributed by atoms with van der Waals surface area (Å²) in [6, 6.07) is 6.04. The van der Waals surface area contributed by atoms with Gasteiger partial charge in [-0.05, 0) is 13.0 Å². The smallest absolute Gasteiger partial charge is 0.414 e. The first-order valence-electron chi connectivity index (χ1n) is 4.70. The Morgan fingerprint density at radius 2 is 2.12 bits per heavy atom. The number of para-hydroxylation sites is 2. The number of ether oxygens (including phenoxy) is 1. The maximum atomic E-state index is 11.4. The maximum absolute atomic E-state index is 11.4. The van der Waals surface area contributed by atoms with Crippen molar-refractivity contribution in [1.82, 2.24) is 0 Å². The van der Waals surface area contributed by atoms with Gasteiger partial charge in [-0.1, -0.05) is 12.1 Å². The molecule has 6 nitrogen and oxygen atoms in total. The average Bonchev–Trinajstić information content (AvgIpc) is 2.30. The fourth-order valence-electron chi connectivity index (χ4n) is 1.35. The molecule has 86 valence electrons. The molecule has 1 aromatic rings. The van der Waals surface area contributed by atoms with Crippen molar-refractivity contribution in [2.45, 2.75) is 6.92 Å². The summed E-state index contributed by atoms with van der Waals surface area (Å²) in [5, 5.41) is 10.8. The van der Waals surface area contributed by atoms with E-state index in [0.717, 1.165) is 0 Å². The van der Waals surface area contributed by atoms with E-state index in [1.807, 2.05) is 0 Å². The lowest BCUT2D eigenvalue weighted by atomic mass is 10.2. The zero-order valence-electron chi connectivity index (χ0n) is 9.04. The summed E-state index contributed by atoms with van der Waals surface area (Å²) in [4.78, 5) is 22.9. The number of rotatable bonds is 3. The zero-order valence-corrected chi connectivity index (χ0v) is 9.04. The first-order chi connectivity index (χ1) is 7.61. The van der Waals surface area contributed by atoms with E-state index in [-0.39, 0.29) is 11.4 Å². The van der Waals surface area contributed by atoms with E-state index in [9.17, 15) is 14.9 Å². The number of anilines is 1. The monoisotopic (exact) mass is 224 g/mol. The molecule has 0 N–H and O–H groups in total. The number of amides is 1. The number of hydrogen-bond acceptors (Lipinski definition) is 4. The van der Waals surface area contributed by atoms with Crippen LogP contribution in [0.5, 0.6) is 0 Å². The Morgan fingerprint density at radius 1 is 1.50 bits per heavy atom. The minimum atomic E-state index is -0.614. The van der Waals surface area contributed by atoms with Crippen LogP contribution in [-0.4, -0.2) is 24.7 Å². The van der Waals surface area contributed by atoms with Crippen LogP contribution in [0.1, 0.15) is 6.92 Å². The van der Waals surface area contributed by atoms with E-state index in [1.54, 1.807) is 19.1 Å². The second-order valence-corrected chi connectivity index (χ2v) is 2.96. The van der Waals surface area contributed by atoms with Crippen LogP contribution in [0.2, 0.25) is 0 Å². The van der Waals surface area contributed by atoms with E-state index in [0.29, 0.717) is 6.54 Å². The van der Waals surface area contributed by atoms with E-state index in [4.69, 9.17) is 0 Å². The van der Waals surface area contributed by atoms with Gasteiger partial charge in [0.2, 0.25) is 0 Å². The van der Waals surface area contributed by atoms with Crippen LogP contribution in [0.25, 0.3) is 0 Å². The van der Waals surface area contributed by atoms with Gasteiger partial charge in [-0.15, -0.1) is 0 Å². The summed E-state index contributed by atoms with van der Waals surface area (Å²) in [5.41, 5.74) is 0.122. The highest BCUT2D eigenvalue weighted by Gasteiger charge is 2.22. The van der Waals surface area contributed by atoms with Gasteiger partial charge in [-0.3, -0.25) is 15.0 Å². The number of hydrogen-bond donors (Lipinski definition) is 0. The molecule has 0 aliphatic heterocycles. The summed E-state index contributed by atoms with van der Waals surface area (Å²) >= 11 is 0. The summed E-state index contributed by atoms with van der Waals surface area (Å²) in [6.07, 6.45) is -0.614.